The summed E-state index contributed by atoms with van der Waals surface area (Å²) in [4.78, 5) is 0. The van der Waals surface area contributed by atoms with E-state index in [1.807, 2.05) is 13.0 Å². The predicted octanol–water partition coefficient (Wildman–Crippen LogP) is 3.37. The number of ether oxygens (including phenoxy) is 2. The van der Waals surface area contributed by atoms with Crippen LogP contribution in [0.5, 0.6) is 5.75 Å². The maximum absolute atomic E-state index is 12.3. The fraction of sp³-hybridized carbons (Fsp3) is 0.571. The van der Waals surface area contributed by atoms with Gasteiger partial charge in [0.1, 0.15) is 5.75 Å². The van der Waals surface area contributed by atoms with Gasteiger partial charge < -0.3 is 14.8 Å². The Labute approximate surface area is 112 Å². The lowest BCUT2D eigenvalue weighted by atomic mass is 10.1. The molecule has 3 nitrogen and oxygen atoms in total. The first kappa shape index (κ1) is 15.9. The standard InChI is InChI=1S/C14H21F2NO2/c1-11(17-9-5-6-10-18-2)12-7-3-4-8-13(12)19-14(15)16/h3-4,7-8,11,14,17H,5-6,9-10H2,1-2H3. The molecule has 19 heavy (non-hydrogen) atoms. The molecule has 1 unspecified atom stereocenters. The molecule has 0 aliphatic rings. The number of para-hydroxylation sites is 1. The van der Waals surface area contributed by atoms with Crippen molar-refractivity contribution in [2.24, 2.45) is 0 Å². The number of benzene rings is 1. The van der Waals surface area contributed by atoms with E-state index in [4.69, 9.17) is 4.74 Å². The summed E-state index contributed by atoms with van der Waals surface area (Å²) in [6.07, 6.45) is 1.96. The van der Waals surface area contributed by atoms with Crippen molar-refractivity contribution in [2.45, 2.75) is 32.4 Å². The SMILES string of the molecule is COCCCCNC(C)c1ccccc1OC(F)F. The molecule has 0 fully saturated rings. The van der Waals surface area contributed by atoms with Crippen LogP contribution in [0.3, 0.4) is 0 Å². The molecule has 0 aliphatic heterocycles. The Hall–Kier alpha value is -1.20. The van der Waals surface area contributed by atoms with Crippen molar-refractivity contribution in [1.82, 2.24) is 5.32 Å². The third-order valence-electron chi connectivity index (χ3n) is 2.83. The first-order chi connectivity index (χ1) is 9.15. The molecule has 0 radical (unpaired) electrons. The van der Waals surface area contributed by atoms with Crippen molar-refractivity contribution in [3.05, 3.63) is 29.8 Å². The van der Waals surface area contributed by atoms with Crippen LogP contribution in [0.4, 0.5) is 8.78 Å². The lowest BCUT2D eigenvalue weighted by Gasteiger charge is -2.18. The molecule has 1 N–H and O–H groups in total. The first-order valence-corrected chi connectivity index (χ1v) is 6.41. The second kappa shape index (κ2) is 8.82. The van der Waals surface area contributed by atoms with Gasteiger partial charge >= 0.3 is 6.61 Å². The zero-order valence-corrected chi connectivity index (χ0v) is 11.4. The van der Waals surface area contributed by atoms with E-state index in [2.05, 4.69) is 10.1 Å². The van der Waals surface area contributed by atoms with E-state index in [1.54, 1.807) is 25.3 Å². The van der Waals surface area contributed by atoms with Gasteiger partial charge in [0.2, 0.25) is 0 Å². The number of hydrogen-bond donors (Lipinski definition) is 1. The summed E-state index contributed by atoms with van der Waals surface area (Å²) in [5.74, 6) is 0.231. The van der Waals surface area contributed by atoms with Gasteiger partial charge in [-0.1, -0.05) is 18.2 Å². The van der Waals surface area contributed by atoms with Crippen molar-refractivity contribution in [1.29, 1.82) is 0 Å². The summed E-state index contributed by atoms with van der Waals surface area (Å²) >= 11 is 0. The monoisotopic (exact) mass is 273 g/mol. The van der Waals surface area contributed by atoms with Crippen molar-refractivity contribution in [3.8, 4) is 5.75 Å². The quantitative estimate of drug-likeness (QED) is 0.700. The average molecular weight is 273 g/mol. The highest BCUT2D eigenvalue weighted by molar-refractivity contribution is 5.35. The highest BCUT2D eigenvalue weighted by atomic mass is 19.3. The summed E-state index contributed by atoms with van der Waals surface area (Å²) in [5.41, 5.74) is 0.745. The summed E-state index contributed by atoms with van der Waals surface area (Å²) in [5, 5.41) is 3.29. The van der Waals surface area contributed by atoms with Crippen LogP contribution >= 0.6 is 0 Å². The molecule has 1 atom stereocenters. The molecule has 0 aromatic heterocycles. The molecule has 5 heteroatoms. The molecule has 0 heterocycles. The molecule has 0 saturated carbocycles. The van der Waals surface area contributed by atoms with Crippen molar-refractivity contribution in [3.63, 3.8) is 0 Å². The van der Waals surface area contributed by atoms with Gasteiger partial charge in [0, 0.05) is 25.3 Å². The lowest BCUT2D eigenvalue weighted by molar-refractivity contribution is -0.0506. The van der Waals surface area contributed by atoms with Gasteiger partial charge in [0.05, 0.1) is 0 Å². The third-order valence-corrected chi connectivity index (χ3v) is 2.83. The Kier molecular flexibility index (Phi) is 7.36. The van der Waals surface area contributed by atoms with Crippen molar-refractivity contribution >= 4 is 0 Å². The van der Waals surface area contributed by atoms with Crippen LogP contribution in [0.2, 0.25) is 0 Å². The van der Waals surface area contributed by atoms with Gasteiger partial charge in [-0.3, -0.25) is 0 Å². The predicted molar refractivity (Wildman–Crippen MR) is 70.6 cm³/mol. The summed E-state index contributed by atoms with van der Waals surface area (Å²) < 4.78 is 34.1. The van der Waals surface area contributed by atoms with Crippen LogP contribution in [-0.2, 0) is 4.74 Å². The van der Waals surface area contributed by atoms with Gasteiger partial charge in [-0.2, -0.15) is 8.78 Å². The van der Waals surface area contributed by atoms with Gasteiger partial charge in [0.15, 0.2) is 0 Å². The Balaban J connectivity index is 2.48. The van der Waals surface area contributed by atoms with Gasteiger partial charge in [-0.25, -0.2) is 0 Å². The normalized spacial score (nSPS) is 12.7. The number of rotatable bonds is 9. The van der Waals surface area contributed by atoms with E-state index in [0.29, 0.717) is 0 Å². The highest BCUT2D eigenvalue weighted by Gasteiger charge is 2.13. The van der Waals surface area contributed by atoms with Crippen LogP contribution in [0.25, 0.3) is 0 Å². The molecule has 1 rings (SSSR count). The van der Waals surface area contributed by atoms with Crippen LogP contribution < -0.4 is 10.1 Å². The molecule has 0 spiro atoms. The highest BCUT2D eigenvalue weighted by Crippen LogP contribution is 2.26. The molecular weight excluding hydrogens is 252 g/mol. The Bertz CT molecular complexity index is 361. The Morgan fingerprint density at radius 2 is 1.95 bits per heavy atom. The van der Waals surface area contributed by atoms with Crippen LogP contribution in [0.15, 0.2) is 24.3 Å². The molecule has 0 aliphatic carbocycles. The Morgan fingerprint density at radius 1 is 1.21 bits per heavy atom. The fourth-order valence-electron chi connectivity index (χ4n) is 1.84. The molecular formula is C14H21F2NO2. The molecule has 1 aromatic rings. The van der Waals surface area contributed by atoms with Crippen molar-refractivity contribution < 1.29 is 18.3 Å². The topological polar surface area (TPSA) is 30.5 Å². The summed E-state index contributed by atoms with van der Waals surface area (Å²) in [7, 11) is 1.67. The minimum absolute atomic E-state index is 0.0301. The molecule has 0 saturated heterocycles. The molecule has 0 amide bonds. The number of nitrogens with one attached hydrogen (secondary N) is 1. The maximum atomic E-state index is 12.3. The van der Waals surface area contributed by atoms with E-state index >= 15 is 0 Å². The summed E-state index contributed by atoms with van der Waals surface area (Å²) in [6, 6.07) is 6.83. The molecule has 1 aromatic carbocycles. The van der Waals surface area contributed by atoms with E-state index in [9.17, 15) is 8.78 Å². The first-order valence-electron chi connectivity index (χ1n) is 6.41. The van der Waals surface area contributed by atoms with Crippen molar-refractivity contribution in [2.75, 3.05) is 20.3 Å². The van der Waals surface area contributed by atoms with Crippen LogP contribution in [0, 0.1) is 0 Å². The number of methoxy groups -OCH3 is 1. The summed E-state index contributed by atoms with van der Waals surface area (Å²) in [6.45, 7) is 0.689. The average Bonchev–Trinajstić information content (AvgIpc) is 2.38. The largest absolute Gasteiger partial charge is 0.434 e. The molecule has 108 valence electrons. The second-order valence-corrected chi connectivity index (χ2v) is 4.29. The van der Waals surface area contributed by atoms with E-state index in [1.165, 1.54) is 0 Å². The third kappa shape index (κ3) is 5.98. The minimum Gasteiger partial charge on any atom is -0.434 e. The Morgan fingerprint density at radius 3 is 2.63 bits per heavy atom. The smallest absolute Gasteiger partial charge is 0.387 e. The van der Waals surface area contributed by atoms with E-state index in [0.717, 1.165) is 31.6 Å². The number of unbranched alkanes of at least 4 members (excludes halogenated alkanes) is 1. The number of hydrogen-bond acceptors (Lipinski definition) is 3. The van der Waals surface area contributed by atoms with Gasteiger partial charge in [-0.15, -0.1) is 0 Å². The van der Waals surface area contributed by atoms with Gasteiger partial charge in [0.25, 0.3) is 0 Å². The van der Waals surface area contributed by atoms with E-state index in [-0.39, 0.29) is 11.8 Å². The second-order valence-electron chi connectivity index (χ2n) is 4.29. The minimum atomic E-state index is -2.80. The zero-order valence-electron chi connectivity index (χ0n) is 11.4. The van der Waals surface area contributed by atoms with E-state index < -0.39 is 6.61 Å². The maximum Gasteiger partial charge on any atom is 0.387 e. The molecule has 0 bridgehead atoms. The number of halogens is 2. The van der Waals surface area contributed by atoms with Crippen LogP contribution in [-0.4, -0.2) is 26.9 Å². The number of alkyl halides is 2. The van der Waals surface area contributed by atoms with Gasteiger partial charge in [-0.05, 0) is 32.4 Å². The van der Waals surface area contributed by atoms with Crippen LogP contribution in [0.1, 0.15) is 31.4 Å². The zero-order chi connectivity index (χ0) is 14.1. The lowest BCUT2D eigenvalue weighted by Crippen LogP contribution is -2.21. The fourth-order valence-corrected chi connectivity index (χ4v) is 1.84.